The van der Waals surface area contributed by atoms with Crippen LogP contribution < -0.4 is 5.32 Å². The molecule has 0 saturated carbocycles. The summed E-state index contributed by atoms with van der Waals surface area (Å²) >= 11 is 1.48. The second-order valence-electron chi connectivity index (χ2n) is 7.99. The number of amides is 2. The van der Waals surface area contributed by atoms with Crippen LogP contribution in [-0.2, 0) is 30.5 Å². The monoisotopic (exact) mass is 456 g/mol. The van der Waals surface area contributed by atoms with Crippen LogP contribution in [0.2, 0.25) is 0 Å². The molecular formula is C24H28N2O5S. The summed E-state index contributed by atoms with van der Waals surface area (Å²) in [6, 6.07) is 7.97. The van der Waals surface area contributed by atoms with Crippen LogP contribution in [0, 0.1) is 0 Å². The highest BCUT2D eigenvalue weighted by Crippen LogP contribution is 2.51. The van der Waals surface area contributed by atoms with Gasteiger partial charge in [-0.3, -0.25) is 9.59 Å². The Morgan fingerprint density at radius 3 is 2.62 bits per heavy atom. The van der Waals surface area contributed by atoms with Gasteiger partial charge in [-0.25, -0.2) is 4.79 Å². The van der Waals surface area contributed by atoms with Crippen molar-refractivity contribution in [3.63, 3.8) is 0 Å². The van der Waals surface area contributed by atoms with E-state index in [0.717, 1.165) is 5.56 Å². The number of carbonyl (C=O) groups is 3. The molecule has 0 spiro atoms. The fraction of sp³-hybridized carbons (Fsp3) is 0.375. The van der Waals surface area contributed by atoms with Crippen molar-refractivity contribution in [2.24, 2.45) is 0 Å². The van der Waals surface area contributed by atoms with Gasteiger partial charge in [0.05, 0.1) is 0 Å². The molecule has 2 saturated heterocycles. The minimum absolute atomic E-state index is 0.146. The van der Waals surface area contributed by atoms with Crippen LogP contribution in [-0.4, -0.2) is 51.5 Å². The molecular weight excluding hydrogens is 428 g/mol. The summed E-state index contributed by atoms with van der Waals surface area (Å²) in [6.45, 7) is 9.23. The van der Waals surface area contributed by atoms with E-state index in [-0.39, 0.29) is 24.5 Å². The molecule has 1 aromatic carbocycles. The number of fused-ring (bicyclic) bond motifs is 1. The van der Waals surface area contributed by atoms with Crippen LogP contribution in [0.15, 0.2) is 67.0 Å². The minimum atomic E-state index is -0.714. The molecule has 2 heterocycles. The summed E-state index contributed by atoms with van der Waals surface area (Å²) in [7, 11) is 0. The molecule has 2 fully saturated rings. The average Bonchev–Trinajstić information content (AvgIpc) is 3.04. The third-order valence-corrected chi connectivity index (χ3v) is 6.80. The molecule has 7 nitrogen and oxygen atoms in total. The number of benzene rings is 1. The predicted molar refractivity (Wildman–Crippen MR) is 123 cm³/mol. The highest BCUT2D eigenvalue weighted by molar-refractivity contribution is 8.01. The van der Waals surface area contributed by atoms with E-state index in [4.69, 9.17) is 9.47 Å². The molecule has 0 unspecified atom stereocenters. The Bertz CT molecular complexity index is 941. The first-order valence-electron chi connectivity index (χ1n) is 10.4. The molecule has 0 radical (unpaired) electrons. The van der Waals surface area contributed by atoms with Gasteiger partial charge in [0.15, 0.2) is 6.61 Å². The quantitative estimate of drug-likeness (QED) is 0.266. The fourth-order valence-corrected chi connectivity index (χ4v) is 5.29. The van der Waals surface area contributed by atoms with Crippen molar-refractivity contribution >= 4 is 29.5 Å². The number of nitrogens with zero attached hydrogens (tertiary/aromatic N) is 1. The normalized spacial score (nSPS) is 24.0. The average molecular weight is 457 g/mol. The van der Waals surface area contributed by atoms with Gasteiger partial charge >= 0.3 is 5.97 Å². The van der Waals surface area contributed by atoms with E-state index in [1.807, 2.05) is 57.2 Å². The number of ether oxygens (including phenoxy) is 2. The topological polar surface area (TPSA) is 84.9 Å². The first-order valence-corrected chi connectivity index (χ1v) is 11.2. The summed E-state index contributed by atoms with van der Waals surface area (Å²) < 4.78 is 10.4. The molecule has 32 heavy (non-hydrogen) atoms. The maximum Gasteiger partial charge on any atom is 0.330 e. The Morgan fingerprint density at radius 2 is 1.97 bits per heavy atom. The zero-order chi connectivity index (χ0) is 23.3. The van der Waals surface area contributed by atoms with Crippen molar-refractivity contribution in [3.05, 3.63) is 72.5 Å². The van der Waals surface area contributed by atoms with E-state index in [2.05, 4.69) is 11.9 Å². The lowest BCUT2D eigenvalue weighted by molar-refractivity contribution is -0.165. The Kier molecular flexibility index (Phi) is 7.45. The summed E-state index contributed by atoms with van der Waals surface area (Å²) in [5.41, 5.74) is 0.878. The van der Waals surface area contributed by atoms with Crippen molar-refractivity contribution in [2.75, 3.05) is 6.61 Å². The van der Waals surface area contributed by atoms with Crippen LogP contribution in [0.1, 0.15) is 26.3 Å². The molecule has 0 bridgehead atoms. The maximum absolute atomic E-state index is 12.8. The number of rotatable bonds is 9. The second kappa shape index (κ2) is 10.1. The van der Waals surface area contributed by atoms with E-state index < -0.39 is 28.7 Å². The number of hydrogen-bond acceptors (Lipinski definition) is 6. The Labute approximate surface area is 192 Å². The smallest absolute Gasteiger partial charge is 0.330 e. The van der Waals surface area contributed by atoms with Gasteiger partial charge in [0, 0.05) is 4.75 Å². The Hall–Kier alpha value is -3.00. The van der Waals surface area contributed by atoms with Crippen LogP contribution in [0.25, 0.3) is 0 Å². The van der Waals surface area contributed by atoms with Crippen molar-refractivity contribution in [1.82, 2.24) is 10.2 Å². The number of thioether (sulfide) groups is 1. The van der Waals surface area contributed by atoms with Crippen molar-refractivity contribution < 1.29 is 23.9 Å². The lowest BCUT2D eigenvalue weighted by Gasteiger charge is -2.43. The summed E-state index contributed by atoms with van der Waals surface area (Å²) in [5.74, 6) is -0.696. The molecule has 8 heteroatoms. The summed E-state index contributed by atoms with van der Waals surface area (Å²) in [6.07, 6.45) is 6.80. The van der Waals surface area contributed by atoms with Crippen molar-refractivity contribution in [1.29, 1.82) is 0 Å². The maximum atomic E-state index is 12.8. The van der Waals surface area contributed by atoms with Gasteiger partial charge in [-0.05, 0) is 38.5 Å². The molecule has 0 aromatic heterocycles. The van der Waals surface area contributed by atoms with Gasteiger partial charge in [0.1, 0.15) is 29.8 Å². The SMILES string of the molecule is C=C/C(=C\C=C/C)OCC(=O)N[C@@H]1C(=O)N2[C@@H]1SC(C)(C)[C@@H]2C(=O)OCc1ccccc1. The zero-order valence-corrected chi connectivity index (χ0v) is 19.3. The van der Waals surface area contributed by atoms with Crippen molar-refractivity contribution in [2.45, 2.75) is 49.6 Å². The highest BCUT2D eigenvalue weighted by Gasteiger charge is 2.64. The predicted octanol–water partition coefficient (Wildman–Crippen LogP) is 2.94. The van der Waals surface area contributed by atoms with Gasteiger partial charge in [-0.1, -0.05) is 49.1 Å². The van der Waals surface area contributed by atoms with E-state index in [9.17, 15) is 14.4 Å². The molecule has 170 valence electrons. The number of esters is 1. The number of allylic oxidation sites excluding steroid dienone is 4. The van der Waals surface area contributed by atoms with Gasteiger partial charge in [-0.2, -0.15) is 0 Å². The standard InChI is InChI=1S/C24H28N2O5S/c1-5-7-13-17(6-2)30-15-18(27)25-19-21(28)26-20(24(3,4)32-22(19)26)23(29)31-14-16-11-9-8-10-12-16/h5-13,19-20,22H,2,14-15H2,1,3-4H3,(H,25,27)/b7-5-,17-13+/t19-,20+,22-/m1/s1. The number of nitrogens with one attached hydrogen (secondary N) is 1. The molecule has 3 atom stereocenters. The number of β-lactam (4-membered cyclic amide) rings is 1. The van der Waals surface area contributed by atoms with Crippen LogP contribution in [0.3, 0.4) is 0 Å². The zero-order valence-electron chi connectivity index (χ0n) is 18.4. The van der Waals surface area contributed by atoms with E-state index in [0.29, 0.717) is 5.76 Å². The largest absolute Gasteiger partial charge is 0.484 e. The Morgan fingerprint density at radius 1 is 1.25 bits per heavy atom. The molecule has 2 amide bonds. The van der Waals surface area contributed by atoms with Crippen LogP contribution in [0.5, 0.6) is 0 Å². The lowest BCUT2D eigenvalue weighted by Crippen LogP contribution is -2.71. The molecule has 0 aliphatic carbocycles. The first-order chi connectivity index (χ1) is 15.3. The van der Waals surface area contributed by atoms with Gasteiger partial charge < -0.3 is 19.7 Å². The third kappa shape index (κ3) is 5.07. The van der Waals surface area contributed by atoms with Crippen molar-refractivity contribution in [3.8, 4) is 0 Å². The molecule has 2 aliphatic rings. The first kappa shape index (κ1) is 23.7. The fourth-order valence-electron chi connectivity index (χ4n) is 3.66. The van der Waals surface area contributed by atoms with Gasteiger partial charge in [0.25, 0.3) is 5.91 Å². The lowest BCUT2D eigenvalue weighted by atomic mass is 9.96. The van der Waals surface area contributed by atoms with Gasteiger partial charge in [0.2, 0.25) is 5.91 Å². The summed E-state index contributed by atoms with van der Waals surface area (Å²) in [4.78, 5) is 39.5. The summed E-state index contributed by atoms with van der Waals surface area (Å²) in [5, 5.41) is 2.39. The molecule has 1 N–H and O–H groups in total. The van der Waals surface area contributed by atoms with Crippen LogP contribution in [0.4, 0.5) is 0 Å². The highest BCUT2D eigenvalue weighted by atomic mass is 32.2. The molecule has 1 aromatic rings. The Balaban J connectivity index is 1.58. The second-order valence-corrected chi connectivity index (χ2v) is 9.76. The molecule has 2 aliphatic heterocycles. The van der Waals surface area contributed by atoms with Crippen LogP contribution >= 0.6 is 11.8 Å². The molecule has 3 rings (SSSR count). The van der Waals surface area contributed by atoms with E-state index >= 15 is 0 Å². The number of hydrogen-bond donors (Lipinski definition) is 1. The minimum Gasteiger partial charge on any atom is -0.484 e. The van der Waals surface area contributed by atoms with E-state index in [1.165, 1.54) is 22.7 Å². The third-order valence-electron chi connectivity index (χ3n) is 5.23. The van der Waals surface area contributed by atoms with Gasteiger partial charge in [-0.15, -0.1) is 11.8 Å². The number of carbonyl (C=O) groups excluding carboxylic acids is 3. The van der Waals surface area contributed by atoms with E-state index in [1.54, 1.807) is 12.2 Å².